The highest BCUT2D eigenvalue weighted by Gasteiger charge is 2.36. The normalized spacial score (nSPS) is 14.4. The summed E-state index contributed by atoms with van der Waals surface area (Å²) in [6.45, 7) is 2.75. The molecule has 0 aliphatic carbocycles. The van der Waals surface area contributed by atoms with Crippen LogP contribution < -0.4 is 24.4 Å². The third-order valence-electron chi connectivity index (χ3n) is 5.75. The average Bonchev–Trinajstić information content (AvgIpc) is 2.91. The van der Waals surface area contributed by atoms with Gasteiger partial charge < -0.3 is 14.2 Å². The molecule has 0 bridgehead atoms. The van der Waals surface area contributed by atoms with Gasteiger partial charge in [-0.05, 0) is 72.2 Å². The molecule has 1 saturated heterocycles. The van der Waals surface area contributed by atoms with Crippen molar-refractivity contribution in [2.24, 2.45) is 0 Å². The van der Waals surface area contributed by atoms with E-state index >= 15 is 0 Å². The van der Waals surface area contributed by atoms with E-state index in [0.29, 0.717) is 40.7 Å². The zero-order valence-electron chi connectivity index (χ0n) is 21.0. The molecule has 0 saturated carbocycles. The summed E-state index contributed by atoms with van der Waals surface area (Å²) in [5, 5.41) is 2.21. The third-order valence-corrected chi connectivity index (χ3v) is 5.75. The second-order valence-corrected chi connectivity index (χ2v) is 8.48. The molecule has 3 aromatic carbocycles. The van der Waals surface area contributed by atoms with Gasteiger partial charge in [0.15, 0.2) is 11.5 Å². The largest absolute Gasteiger partial charge is 0.494 e. The SMILES string of the molecule is CCCCOc1ccc(N2C(=O)NC(=O)/C(=C/c3ccc(OCc4cccc(F)c4)c(OC)c3)C2=O)cc1. The molecule has 8 nitrogen and oxygen atoms in total. The van der Waals surface area contributed by atoms with Crippen LogP contribution in [0, 0.1) is 5.82 Å². The number of barbiturate groups is 1. The van der Waals surface area contributed by atoms with Gasteiger partial charge in [0.2, 0.25) is 0 Å². The molecule has 1 fully saturated rings. The maximum atomic E-state index is 13.4. The number of methoxy groups -OCH3 is 1. The van der Waals surface area contributed by atoms with E-state index in [0.717, 1.165) is 17.7 Å². The van der Waals surface area contributed by atoms with E-state index in [2.05, 4.69) is 12.2 Å². The van der Waals surface area contributed by atoms with Crippen LogP contribution in [0.3, 0.4) is 0 Å². The van der Waals surface area contributed by atoms with Gasteiger partial charge >= 0.3 is 6.03 Å². The molecule has 1 aliphatic heterocycles. The van der Waals surface area contributed by atoms with Crippen molar-refractivity contribution in [1.29, 1.82) is 0 Å². The fraction of sp³-hybridized carbons (Fsp3) is 0.207. The molecule has 9 heteroatoms. The number of nitrogens with zero attached hydrogens (tertiary/aromatic N) is 1. The molecule has 4 rings (SSSR count). The summed E-state index contributed by atoms with van der Waals surface area (Å²) < 4.78 is 30.2. The summed E-state index contributed by atoms with van der Waals surface area (Å²) in [7, 11) is 1.45. The third kappa shape index (κ3) is 6.18. The van der Waals surface area contributed by atoms with Gasteiger partial charge in [-0.15, -0.1) is 0 Å². The Bertz CT molecular complexity index is 1370. The molecular formula is C29H27FN2O6. The van der Waals surface area contributed by atoms with Crippen molar-refractivity contribution < 1.29 is 33.0 Å². The summed E-state index contributed by atoms with van der Waals surface area (Å²) in [4.78, 5) is 39.2. The lowest BCUT2D eigenvalue weighted by atomic mass is 10.1. The molecule has 38 heavy (non-hydrogen) atoms. The van der Waals surface area contributed by atoms with E-state index in [1.54, 1.807) is 54.6 Å². The first-order valence-electron chi connectivity index (χ1n) is 12.1. The van der Waals surface area contributed by atoms with Crippen molar-refractivity contribution in [2.75, 3.05) is 18.6 Å². The molecular weight excluding hydrogens is 491 g/mol. The Morgan fingerprint density at radius 3 is 2.45 bits per heavy atom. The summed E-state index contributed by atoms with van der Waals surface area (Å²) in [5.41, 5.74) is 1.20. The van der Waals surface area contributed by atoms with E-state index in [1.807, 2.05) is 0 Å². The molecule has 3 aromatic rings. The molecule has 1 aliphatic rings. The lowest BCUT2D eigenvalue weighted by Crippen LogP contribution is -2.54. The van der Waals surface area contributed by atoms with Crippen molar-refractivity contribution in [3.05, 3.63) is 89.2 Å². The Morgan fingerprint density at radius 2 is 1.74 bits per heavy atom. The van der Waals surface area contributed by atoms with E-state index in [4.69, 9.17) is 14.2 Å². The zero-order chi connectivity index (χ0) is 27.1. The molecule has 1 heterocycles. The quantitative estimate of drug-likeness (QED) is 0.224. The molecule has 0 unspecified atom stereocenters. The van der Waals surface area contributed by atoms with Gasteiger partial charge in [-0.25, -0.2) is 14.1 Å². The Morgan fingerprint density at radius 1 is 0.947 bits per heavy atom. The predicted octanol–water partition coefficient (Wildman–Crippen LogP) is 5.26. The highest BCUT2D eigenvalue weighted by Crippen LogP contribution is 2.31. The van der Waals surface area contributed by atoms with Crippen LogP contribution in [0.1, 0.15) is 30.9 Å². The van der Waals surface area contributed by atoms with Gasteiger partial charge in [0, 0.05) is 0 Å². The number of hydrogen-bond acceptors (Lipinski definition) is 6. The average molecular weight is 519 g/mol. The standard InChI is InChI=1S/C29H27FN2O6/c1-3-4-14-37-23-11-9-22(10-12-23)32-28(34)24(27(33)31-29(32)35)16-19-8-13-25(26(17-19)36-2)38-18-20-6-5-7-21(30)15-20/h5-13,15-17H,3-4,14,18H2,1-2H3,(H,31,33,35)/b24-16-. The van der Waals surface area contributed by atoms with Crippen molar-refractivity contribution in [3.63, 3.8) is 0 Å². The summed E-state index contributed by atoms with van der Waals surface area (Å²) in [6, 6.07) is 16.6. The number of anilines is 1. The van der Waals surface area contributed by atoms with E-state index in [1.165, 1.54) is 25.3 Å². The van der Waals surface area contributed by atoms with Crippen LogP contribution in [0.5, 0.6) is 17.2 Å². The molecule has 0 atom stereocenters. The van der Waals surface area contributed by atoms with Gasteiger partial charge in [-0.1, -0.05) is 31.5 Å². The van der Waals surface area contributed by atoms with E-state index in [9.17, 15) is 18.8 Å². The Balaban J connectivity index is 1.53. The first-order valence-corrected chi connectivity index (χ1v) is 12.1. The number of benzene rings is 3. The van der Waals surface area contributed by atoms with Crippen LogP contribution in [0.4, 0.5) is 14.9 Å². The predicted molar refractivity (Wildman–Crippen MR) is 140 cm³/mol. The number of carbonyl (C=O) groups is 3. The summed E-state index contributed by atoms with van der Waals surface area (Å²) in [6.07, 6.45) is 3.29. The number of rotatable bonds is 10. The fourth-order valence-corrected chi connectivity index (χ4v) is 3.77. The number of carbonyl (C=O) groups excluding carboxylic acids is 3. The maximum absolute atomic E-state index is 13.4. The van der Waals surface area contributed by atoms with Crippen LogP contribution in [-0.2, 0) is 16.2 Å². The highest BCUT2D eigenvalue weighted by molar-refractivity contribution is 6.39. The Labute approximate surface area is 219 Å². The van der Waals surface area contributed by atoms with Crippen LogP contribution in [0.25, 0.3) is 6.08 Å². The van der Waals surface area contributed by atoms with Crippen molar-refractivity contribution >= 4 is 29.6 Å². The van der Waals surface area contributed by atoms with Gasteiger partial charge in [0.05, 0.1) is 19.4 Å². The number of hydrogen-bond donors (Lipinski definition) is 1. The minimum atomic E-state index is -0.838. The number of unbranched alkanes of at least 4 members (excludes halogenated alkanes) is 1. The number of imide groups is 2. The summed E-state index contributed by atoms with van der Waals surface area (Å²) in [5.74, 6) is -0.558. The fourth-order valence-electron chi connectivity index (χ4n) is 3.77. The molecule has 196 valence electrons. The lowest BCUT2D eigenvalue weighted by molar-refractivity contribution is -0.122. The molecule has 0 aromatic heterocycles. The lowest BCUT2D eigenvalue weighted by Gasteiger charge is -2.26. The van der Waals surface area contributed by atoms with Gasteiger partial charge in [0.1, 0.15) is 23.7 Å². The number of urea groups is 1. The molecule has 0 radical (unpaired) electrons. The van der Waals surface area contributed by atoms with Crippen LogP contribution in [-0.4, -0.2) is 31.6 Å². The minimum Gasteiger partial charge on any atom is -0.494 e. The number of ether oxygens (including phenoxy) is 3. The molecule has 1 N–H and O–H groups in total. The second-order valence-electron chi connectivity index (χ2n) is 8.48. The highest BCUT2D eigenvalue weighted by atomic mass is 19.1. The van der Waals surface area contributed by atoms with Crippen molar-refractivity contribution in [3.8, 4) is 17.2 Å². The maximum Gasteiger partial charge on any atom is 0.335 e. The van der Waals surface area contributed by atoms with E-state index in [-0.39, 0.29) is 18.0 Å². The van der Waals surface area contributed by atoms with Crippen molar-refractivity contribution in [1.82, 2.24) is 5.32 Å². The smallest absolute Gasteiger partial charge is 0.335 e. The van der Waals surface area contributed by atoms with Gasteiger partial charge in [0.25, 0.3) is 11.8 Å². The number of amides is 4. The van der Waals surface area contributed by atoms with Crippen molar-refractivity contribution in [2.45, 2.75) is 26.4 Å². The first kappa shape index (κ1) is 26.4. The monoisotopic (exact) mass is 518 g/mol. The number of nitrogens with one attached hydrogen (secondary N) is 1. The minimum absolute atomic E-state index is 0.120. The van der Waals surface area contributed by atoms with Crippen LogP contribution >= 0.6 is 0 Å². The molecule has 0 spiro atoms. The first-order chi connectivity index (χ1) is 18.4. The van der Waals surface area contributed by atoms with Gasteiger partial charge in [-0.3, -0.25) is 14.9 Å². The zero-order valence-corrected chi connectivity index (χ0v) is 21.0. The topological polar surface area (TPSA) is 94.2 Å². The summed E-state index contributed by atoms with van der Waals surface area (Å²) >= 11 is 0. The van der Waals surface area contributed by atoms with Gasteiger partial charge in [-0.2, -0.15) is 0 Å². The Kier molecular flexibility index (Phi) is 8.37. The second kappa shape index (κ2) is 12.1. The van der Waals surface area contributed by atoms with Crippen LogP contribution in [0.15, 0.2) is 72.3 Å². The van der Waals surface area contributed by atoms with E-state index < -0.39 is 17.8 Å². The molecule has 4 amide bonds. The van der Waals surface area contributed by atoms with Crippen LogP contribution in [0.2, 0.25) is 0 Å². The number of halogens is 1. The Hall–Kier alpha value is -4.66.